The summed E-state index contributed by atoms with van der Waals surface area (Å²) in [7, 11) is 0. The highest BCUT2D eigenvalue weighted by Crippen LogP contribution is 2.18. The third kappa shape index (κ3) is 2.32. The third-order valence-electron chi connectivity index (χ3n) is 1.94. The minimum atomic E-state index is 0.0361. The van der Waals surface area contributed by atoms with Crippen LogP contribution < -0.4 is 5.32 Å². The van der Waals surface area contributed by atoms with Crippen LogP contribution in [-0.4, -0.2) is 15.0 Å². The molecule has 5 nitrogen and oxygen atoms in total. The number of aromatic nitrogens is 3. The van der Waals surface area contributed by atoms with E-state index in [-0.39, 0.29) is 6.04 Å². The van der Waals surface area contributed by atoms with Crippen LogP contribution in [0.15, 0.2) is 23.8 Å². The highest BCUT2D eigenvalue weighted by molar-refractivity contribution is 7.09. The first-order chi connectivity index (χ1) is 7.79. The van der Waals surface area contributed by atoms with Gasteiger partial charge in [0.25, 0.3) is 0 Å². The van der Waals surface area contributed by atoms with Crippen LogP contribution in [0.3, 0.4) is 0 Å². The number of hydrogen-bond donors (Lipinski definition) is 1. The molecule has 2 rings (SSSR count). The van der Waals surface area contributed by atoms with Crippen LogP contribution in [0.25, 0.3) is 0 Å². The summed E-state index contributed by atoms with van der Waals surface area (Å²) in [5, 5.41) is 14.7. The standard InChI is InChI=1S/C10H9N5S/c1-7(9-12-4-5-16-9)14-10-13-3-2-8(6-11)15-10/h2-5,7H,1H3,(H,13,14,15). The maximum atomic E-state index is 8.70. The Morgan fingerprint density at radius 3 is 3.00 bits per heavy atom. The highest BCUT2D eigenvalue weighted by atomic mass is 32.1. The van der Waals surface area contributed by atoms with Crippen molar-refractivity contribution in [3.05, 3.63) is 34.5 Å². The SMILES string of the molecule is CC(Nc1nccc(C#N)n1)c1nccs1. The van der Waals surface area contributed by atoms with Crippen LogP contribution in [0.1, 0.15) is 23.7 Å². The molecule has 0 bridgehead atoms. The van der Waals surface area contributed by atoms with Gasteiger partial charge in [-0.1, -0.05) is 0 Å². The Bertz CT molecular complexity index is 502. The molecular weight excluding hydrogens is 222 g/mol. The Hall–Kier alpha value is -2.00. The molecule has 80 valence electrons. The fourth-order valence-corrected chi connectivity index (χ4v) is 1.84. The van der Waals surface area contributed by atoms with E-state index in [4.69, 9.17) is 5.26 Å². The zero-order valence-electron chi connectivity index (χ0n) is 8.58. The number of anilines is 1. The Morgan fingerprint density at radius 2 is 2.31 bits per heavy atom. The Kier molecular flexibility index (Phi) is 3.08. The molecule has 0 amide bonds. The van der Waals surface area contributed by atoms with Crippen molar-refractivity contribution in [2.45, 2.75) is 13.0 Å². The molecule has 2 aromatic rings. The number of hydrogen-bond acceptors (Lipinski definition) is 6. The van der Waals surface area contributed by atoms with E-state index in [1.54, 1.807) is 29.8 Å². The molecule has 1 unspecified atom stereocenters. The molecule has 1 N–H and O–H groups in total. The lowest BCUT2D eigenvalue weighted by Crippen LogP contribution is -2.09. The van der Waals surface area contributed by atoms with E-state index < -0.39 is 0 Å². The van der Waals surface area contributed by atoms with Gasteiger partial charge in [-0.3, -0.25) is 0 Å². The minimum Gasteiger partial charge on any atom is -0.345 e. The Morgan fingerprint density at radius 1 is 1.44 bits per heavy atom. The third-order valence-corrected chi connectivity index (χ3v) is 2.90. The van der Waals surface area contributed by atoms with Gasteiger partial charge in [0.1, 0.15) is 16.8 Å². The monoisotopic (exact) mass is 231 g/mol. The van der Waals surface area contributed by atoms with Gasteiger partial charge in [0.15, 0.2) is 0 Å². The average Bonchev–Trinajstić information content (AvgIpc) is 2.83. The smallest absolute Gasteiger partial charge is 0.224 e. The molecule has 16 heavy (non-hydrogen) atoms. The molecular formula is C10H9N5S. The minimum absolute atomic E-state index is 0.0361. The Balaban J connectivity index is 2.12. The molecule has 1 atom stereocenters. The lowest BCUT2D eigenvalue weighted by Gasteiger charge is -2.10. The van der Waals surface area contributed by atoms with Crippen molar-refractivity contribution in [1.82, 2.24) is 15.0 Å². The zero-order chi connectivity index (χ0) is 11.4. The van der Waals surface area contributed by atoms with Crippen LogP contribution in [0, 0.1) is 11.3 Å². The fraction of sp³-hybridized carbons (Fsp3) is 0.200. The van der Waals surface area contributed by atoms with E-state index in [0.717, 1.165) is 5.01 Å². The number of nitriles is 1. The topological polar surface area (TPSA) is 74.5 Å². The highest BCUT2D eigenvalue weighted by Gasteiger charge is 2.09. The van der Waals surface area contributed by atoms with Crippen LogP contribution in [0.2, 0.25) is 0 Å². The number of rotatable bonds is 3. The van der Waals surface area contributed by atoms with E-state index in [2.05, 4.69) is 20.3 Å². The van der Waals surface area contributed by atoms with Gasteiger partial charge < -0.3 is 5.32 Å². The zero-order valence-corrected chi connectivity index (χ0v) is 9.40. The second-order valence-electron chi connectivity index (χ2n) is 3.11. The van der Waals surface area contributed by atoms with Crippen molar-refractivity contribution in [1.29, 1.82) is 5.26 Å². The summed E-state index contributed by atoms with van der Waals surface area (Å²) in [4.78, 5) is 12.3. The summed E-state index contributed by atoms with van der Waals surface area (Å²) in [6.07, 6.45) is 3.31. The summed E-state index contributed by atoms with van der Waals surface area (Å²) in [5.74, 6) is 0.446. The van der Waals surface area contributed by atoms with Crippen molar-refractivity contribution in [2.24, 2.45) is 0 Å². The summed E-state index contributed by atoms with van der Waals surface area (Å²) < 4.78 is 0. The largest absolute Gasteiger partial charge is 0.345 e. The molecule has 0 saturated carbocycles. The molecule has 0 saturated heterocycles. The van der Waals surface area contributed by atoms with Crippen LogP contribution in [0.5, 0.6) is 0 Å². The molecule has 2 aromatic heterocycles. The molecule has 0 aromatic carbocycles. The lowest BCUT2D eigenvalue weighted by molar-refractivity contribution is 0.847. The van der Waals surface area contributed by atoms with Crippen LogP contribution >= 0.6 is 11.3 Å². The van der Waals surface area contributed by atoms with Crippen molar-refractivity contribution >= 4 is 17.3 Å². The number of thiazole rings is 1. The van der Waals surface area contributed by atoms with Gasteiger partial charge in [-0.2, -0.15) is 5.26 Å². The summed E-state index contributed by atoms with van der Waals surface area (Å²) >= 11 is 1.57. The van der Waals surface area contributed by atoms with Gasteiger partial charge in [-0.25, -0.2) is 15.0 Å². The van der Waals surface area contributed by atoms with E-state index in [1.165, 1.54) is 0 Å². The summed E-state index contributed by atoms with van der Waals surface area (Å²) in [6, 6.07) is 3.58. The lowest BCUT2D eigenvalue weighted by atomic mass is 10.3. The molecule has 2 heterocycles. The summed E-state index contributed by atoms with van der Waals surface area (Å²) in [6.45, 7) is 1.97. The molecule has 0 fully saturated rings. The first kappa shape index (κ1) is 10.5. The quantitative estimate of drug-likeness (QED) is 0.874. The molecule has 6 heteroatoms. The summed E-state index contributed by atoms with van der Waals surface area (Å²) in [5.41, 5.74) is 0.351. The molecule has 0 radical (unpaired) electrons. The van der Waals surface area contributed by atoms with Crippen LogP contribution in [0.4, 0.5) is 5.95 Å². The fourth-order valence-electron chi connectivity index (χ4n) is 1.19. The molecule has 0 aliphatic rings. The van der Waals surface area contributed by atoms with Crippen molar-refractivity contribution in [3.8, 4) is 6.07 Å². The van der Waals surface area contributed by atoms with Gasteiger partial charge in [0, 0.05) is 17.8 Å². The first-order valence-electron chi connectivity index (χ1n) is 4.68. The van der Waals surface area contributed by atoms with Gasteiger partial charge in [0.05, 0.1) is 6.04 Å². The second-order valence-corrected chi connectivity index (χ2v) is 4.04. The van der Waals surface area contributed by atoms with E-state index in [9.17, 15) is 0 Å². The molecule has 0 aliphatic heterocycles. The molecule has 0 aliphatic carbocycles. The van der Waals surface area contributed by atoms with E-state index in [1.807, 2.05) is 18.4 Å². The average molecular weight is 231 g/mol. The maximum Gasteiger partial charge on any atom is 0.224 e. The predicted molar refractivity (Wildman–Crippen MR) is 60.9 cm³/mol. The number of nitrogens with one attached hydrogen (secondary N) is 1. The first-order valence-corrected chi connectivity index (χ1v) is 5.56. The van der Waals surface area contributed by atoms with E-state index in [0.29, 0.717) is 11.6 Å². The van der Waals surface area contributed by atoms with Gasteiger partial charge in [0.2, 0.25) is 5.95 Å². The predicted octanol–water partition coefficient (Wildman–Crippen LogP) is 1.98. The Labute approximate surface area is 96.8 Å². The molecule has 0 spiro atoms. The van der Waals surface area contributed by atoms with Gasteiger partial charge >= 0.3 is 0 Å². The van der Waals surface area contributed by atoms with Crippen LogP contribution in [-0.2, 0) is 0 Å². The number of nitrogens with zero attached hydrogens (tertiary/aromatic N) is 4. The van der Waals surface area contributed by atoms with Crippen molar-refractivity contribution in [3.63, 3.8) is 0 Å². The second kappa shape index (κ2) is 4.68. The van der Waals surface area contributed by atoms with Crippen molar-refractivity contribution in [2.75, 3.05) is 5.32 Å². The van der Waals surface area contributed by atoms with Gasteiger partial charge in [-0.15, -0.1) is 11.3 Å². The maximum absolute atomic E-state index is 8.70. The van der Waals surface area contributed by atoms with Gasteiger partial charge in [-0.05, 0) is 13.0 Å². The normalized spacial score (nSPS) is 11.8. The van der Waals surface area contributed by atoms with E-state index >= 15 is 0 Å². The van der Waals surface area contributed by atoms with Crippen molar-refractivity contribution < 1.29 is 0 Å².